The van der Waals surface area contributed by atoms with Gasteiger partial charge >= 0.3 is 15.6 Å². The van der Waals surface area contributed by atoms with Gasteiger partial charge < -0.3 is 9.79 Å². The lowest BCUT2D eigenvalue weighted by atomic mass is 10.2. The van der Waals surface area contributed by atoms with E-state index in [1.54, 1.807) is 24.3 Å². The molecule has 2 N–H and O–H groups in total. The molecule has 0 amide bonds. The molecule has 0 aliphatic rings. The number of hydrogen-bond acceptors (Lipinski definition) is 3. The van der Waals surface area contributed by atoms with Gasteiger partial charge in [0.05, 0.1) is 0 Å². The zero-order chi connectivity index (χ0) is 11.3. The summed E-state index contributed by atoms with van der Waals surface area (Å²) in [6, 6.07) is 8.99. The first kappa shape index (κ1) is 12.5. The molecule has 0 spiro atoms. The van der Waals surface area contributed by atoms with Crippen LogP contribution in [0.1, 0.15) is 5.56 Å². The molecule has 1 atom stereocenters. The van der Waals surface area contributed by atoms with Crippen molar-refractivity contribution in [3.63, 3.8) is 0 Å². The zero-order valence-electron chi connectivity index (χ0n) is 7.81. The van der Waals surface area contributed by atoms with E-state index >= 15 is 0 Å². The summed E-state index contributed by atoms with van der Waals surface area (Å²) in [5.41, 5.74) is 0.812. The Hall–Kier alpha value is -0.570. The Bertz CT molecular complexity index is 372. The van der Waals surface area contributed by atoms with E-state index in [1.807, 2.05) is 6.07 Å². The summed E-state index contributed by atoms with van der Waals surface area (Å²) in [5.74, 6) is -0.727. The second-order valence-corrected chi connectivity index (χ2v) is 6.28. The van der Waals surface area contributed by atoms with Crippen molar-refractivity contribution in [2.24, 2.45) is 0 Å². The minimum absolute atomic E-state index is 0.0933. The Kier molecular flexibility index (Phi) is 4.58. The van der Waals surface area contributed by atoms with Crippen LogP contribution in [0.15, 0.2) is 30.3 Å². The monoisotopic (exact) mass is 249 g/mol. The normalized spacial score (nSPS) is 12.5. The molecule has 0 saturated carbocycles. The molecule has 1 rings (SSSR count). The minimum atomic E-state index is -4.25. The van der Waals surface area contributed by atoms with E-state index in [0.717, 1.165) is 5.56 Å². The third-order valence-corrected chi connectivity index (χ3v) is 4.33. The van der Waals surface area contributed by atoms with Crippen LogP contribution in [-0.2, 0) is 20.3 Å². The fraction of sp³-hybridized carbons (Fsp3) is 0.250. The molecule has 15 heavy (non-hydrogen) atoms. The molecule has 82 valence electrons. The van der Waals surface area contributed by atoms with Crippen LogP contribution in [0.25, 0.3) is 0 Å². The molecule has 0 aliphatic carbocycles. The molecule has 0 fully saturated rings. The molecule has 1 unspecified atom stereocenters. The fourth-order valence-electron chi connectivity index (χ4n) is 0.912. The molecule has 1 aromatic rings. The van der Waals surface area contributed by atoms with Crippen LogP contribution in [0.3, 0.4) is 0 Å². The minimum Gasteiger partial charge on any atom is -0.321 e. The van der Waals surface area contributed by atoms with Crippen molar-refractivity contribution in [1.82, 2.24) is 0 Å². The van der Waals surface area contributed by atoms with Crippen LogP contribution in [0.4, 0.5) is 0 Å². The quantitative estimate of drug-likeness (QED) is 0.780. The van der Waals surface area contributed by atoms with Crippen LogP contribution in [-0.4, -0.2) is 15.7 Å². The van der Waals surface area contributed by atoms with E-state index < -0.39 is 21.5 Å². The predicted octanol–water partition coefficient (Wildman–Crippen LogP) is 2.08. The van der Waals surface area contributed by atoms with Crippen molar-refractivity contribution in [3.8, 4) is 0 Å². The third kappa shape index (κ3) is 5.78. The van der Waals surface area contributed by atoms with Gasteiger partial charge in [0.2, 0.25) is 0 Å². The first-order chi connectivity index (χ1) is 6.97. The number of rotatable bonds is 5. The fourth-order valence-corrected chi connectivity index (χ4v) is 2.74. The van der Waals surface area contributed by atoms with Crippen molar-refractivity contribution < 1.29 is 23.4 Å². The average Bonchev–Trinajstić information content (AvgIpc) is 2.14. The summed E-state index contributed by atoms with van der Waals surface area (Å²) in [5, 5.41) is 0. The first-order valence-electron chi connectivity index (χ1n) is 4.13. The Balaban J connectivity index is 2.39. The van der Waals surface area contributed by atoms with Crippen LogP contribution in [0, 0.1) is 0 Å². The maximum atomic E-state index is 11.1. The Morgan fingerprint density at radius 3 is 2.40 bits per heavy atom. The zero-order valence-corrected chi connectivity index (χ0v) is 9.60. The van der Waals surface area contributed by atoms with Crippen molar-refractivity contribution >= 4 is 15.6 Å². The molecular formula is C8H11O5P2+. The molecule has 0 heterocycles. The van der Waals surface area contributed by atoms with Crippen LogP contribution in [0.2, 0.25) is 0 Å². The first-order valence-corrected chi connectivity index (χ1v) is 7.29. The molecular weight excluding hydrogens is 238 g/mol. The van der Waals surface area contributed by atoms with Crippen LogP contribution >= 0.6 is 15.6 Å². The molecule has 1 aromatic carbocycles. The van der Waals surface area contributed by atoms with Gasteiger partial charge in [0.15, 0.2) is 0 Å². The Morgan fingerprint density at radius 2 is 1.87 bits per heavy atom. The van der Waals surface area contributed by atoms with Gasteiger partial charge in [-0.2, -0.15) is 0 Å². The topological polar surface area (TPSA) is 83.8 Å². The lowest BCUT2D eigenvalue weighted by Gasteiger charge is -1.95. The van der Waals surface area contributed by atoms with Crippen LogP contribution in [0.5, 0.6) is 0 Å². The standard InChI is InChI=1S/C8H10O5P2/c9-14(7-15(10,11)12)13-6-8-4-2-1-3-5-8/h1-5H,6-7H2,(H-,10,11,12)/p+1. The Morgan fingerprint density at radius 1 is 1.27 bits per heavy atom. The van der Waals surface area contributed by atoms with E-state index in [1.165, 1.54) is 0 Å². The summed E-state index contributed by atoms with van der Waals surface area (Å²) in [7, 11) is -6.56. The highest BCUT2D eigenvalue weighted by Gasteiger charge is 2.31. The van der Waals surface area contributed by atoms with Crippen molar-refractivity contribution in [1.29, 1.82) is 0 Å². The average molecular weight is 249 g/mol. The van der Waals surface area contributed by atoms with E-state index in [4.69, 9.17) is 14.3 Å². The van der Waals surface area contributed by atoms with Gasteiger partial charge in [0.1, 0.15) is 6.61 Å². The SMILES string of the molecule is O=[P+](CP(=O)(O)O)OCc1ccccc1. The highest BCUT2D eigenvalue weighted by Crippen LogP contribution is 2.45. The molecule has 0 bridgehead atoms. The third-order valence-electron chi connectivity index (χ3n) is 1.52. The van der Waals surface area contributed by atoms with Gasteiger partial charge in [-0.3, -0.25) is 4.57 Å². The number of benzene rings is 1. The molecule has 5 nitrogen and oxygen atoms in total. The Labute approximate surface area is 88.1 Å². The lowest BCUT2D eigenvalue weighted by Crippen LogP contribution is -1.88. The summed E-state index contributed by atoms with van der Waals surface area (Å²) in [6.07, 6.45) is 0. The van der Waals surface area contributed by atoms with Gasteiger partial charge in [0.25, 0.3) is 5.90 Å². The van der Waals surface area contributed by atoms with E-state index in [0.29, 0.717) is 0 Å². The predicted molar refractivity (Wildman–Crippen MR) is 55.7 cm³/mol. The van der Waals surface area contributed by atoms with Crippen molar-refractivity contribution in [2.75, 3.05) is 5.90 Å². The molecule has 0 aromatic heterocycles. The van der Waals surface area contributed by atoms with Crippen LogP contribution < -0.4 is 0 Å². The second-order valence-electron chi connectivity index (χ2n) is 2.90. The van der Waals surface area contributed by atoms with E-state index in [9.17, 15) is 9.13 Å². The summed E-state index contributed by atoms with van der Waals surface area (Å²) in [4.78, 5) is 17.1. The van der Waals surface area contributed by atoms with Gasteiger partial charge in [-0.1, -0.05) is 30.3 Å². The van der Waals surface area contributed by atoms with Gasteiger partial charge in [-0.15, -0.1) is 4.52 Å². The number of hydrogen-bond donors (Lipinski definition) is 2. The molecule has 0 radical (unpaired) electrons. The smallest absolute Gasteiger partial charge is 0.321 e. The van der Waals surface area contributed by atoms with Gasteiger partial charge in [-0.25, -0.2) is 0 Å². The van der Waals surface area contributed by atoms with Crippen molar-refractivity contribution in [3.05, 3.63) is 35.9 Å². The maximum absolute atomic E-state index is 11.1. The molecule has 7 heteroatoms. The summed E-state index contributed by atoms with van der Waals surface area (Å²) < 4.78 is 26.4. The van der Waals surface area contributed by atoms with E-state index in [-0.39, 0.29) is 6.61 Å². The second kappa shape index (κ2) is 5.50. The summed E-state index contributed by atoms with van der Waals surface area (Å²) >= 11 is 0. The van der Waals surface area contributed by atoms with Gasteiger partial charge in [0, 0.05) is 0 Å². The highest BCUT2D eigenvalue weighted by molar-refractivity contribution is 7.64. The molecule has 0 saturated heterocycles. The van der Waals surface area contributed by atoms with Crippen molar-refractivity contribution in [2.45, 2.75) is 6.61 Å². The maximum Gasteiger partial charge on any atom is 0.521 e. The molecule has 0 aliphatic heterocycles. The summed E-state index contributed by atoms with van der Waals surface area (Å²) in [6.45, 7) is 0.0933. The van der Waals surface area contributed by atoms with Gasteiger partial charge in [-0.05, 0) is 10.1 Å². The highest BCUT2D eigenvalue weighted by atomic mass is 31.2. The lowest BCUT2D eigenvalue weighted by molar-refractivity contribution is 0.317. The van der Waals surface area contributed by atoms with E-state index in [2.05, 4.69) is 0 Å². The largest absolute Gasteiger partial charge is 0.521 e.